The largest absolute Gasteiger partial charge is 0.354 e. The van der Waals surface area contributed by atoms with Gasteiger partial charge in [0.2, 0.25) is 5.91 Å². The van der Waals surface area contributed by atoms with Crippen LogP contribution in [0.4, 0.5) is 0 Å². The van der Waals surface area contributed by atoms with Gasteiger partial charge in [0.15, 0.2) is 0 Å². The quantitative estimate of drug-likeness (QED) is 0.792. The average Bonchev–Trinajstić information content (AvgIpc) is 2.55. The number of amides is 1. The summed E-state index contributed by atoms with van der Waals surface area (Å²) < 4.78 is 0. The van der Waals surface area contributed by atoms with Crippen LogP contribution in [0.15, 0.2) is 0 Å². The Bertz CT molecular complexity index is 395. The van der Waals surface area contributed by atoms with Crippen molar-refractivity contribution in [3.63, 3.8) is 0 Å². The molecule has 16 heavy (non-hydrogen) atoms. The molecule has 1 unspecified atom stereocenters. The topological polar surface area (TPSA) is 57.8 Å². The molecule has 4 heteroatoms. The Morgan fingerprint density at radius 1 is 1.56 bits per heavy atom. The molecule has 0 saturated carbocycles. The van der Waals surface area contributed by atoms with Gasteiger partial charge in [0.1, 0.15) is 5.82 Å². The third-order valence-corrected chi connectivity index (χ3v) is 2.96. The molecule has 1 atom stereocenters. The highest BCUT2D eigenvalue weighted by Crippen LogP contribution is 2.23. The number of nitrogens with one attached hydrogen (secondary N) is 2. The molecular formula is C12H19N3O. The van der Waals surface area contributed by atoms with Crippen LogP contribution in [0, 0.1) is 12.8 Å². The first-order valence-electron chi connectivity index (χ1n) is 5.91. The molecule has 1 aromatic heterocycles. The lowest BCUT2D eigenvalue weighted by atomic mass is 9.89. The summed E-state index contributed by atoms with van der Waals surface area (Å²) >= 11 is 0. The zero-order valence-electron chi connectivity index (χ0n) is 10.1. The van der Waals surface area contributed by atoms with Crippen LogP contribution in [0.25, 0.3) is 0 Å². The fourth-order valence-electron chi connectivity index (χ4n) is 2.25. The number of fused-ring (bicyclic) bond motifs is 1. The van der Waals surface area contributed by atoms with Crippen molar-refractivity contribution in [3.8, 4) is 0 Å². The second-order valence-electron chi connectivity index (χ2n) is 4.85. The SMILES string of the molecule is Cc1nc2c([nH]1)CC(C(=O)NC(C)C)CC2. The van der Waals surface area contributed by atoms with E-state index < -0.39 is 0 Å². The standard InChI is InChI=1S/C12H19N3O/c1-7(2)13-12(16)9-4-5-10-11(6-9)15-8(3)14-10/h7,9H,4-6H2,1-3H3,(H,13,16)(H,14,15). The van der Waals surface area contributed by atoms with Gasteiger partial charge in [0, 0.05) is 24.1 Å². The van der Waals surface area contributed by atoms with E-state index in [4.69, 9.17) is 0 Å². The molecule has 1 aromatic rings. The second kappa shape index (κ2) is 4.28. The number of aromatic amines is 1. The molecule has 2 rings (SSSR count). The first kappa shape index (κ1) is 11.2. The van der Waals surface area contributed by atoms with Crippen molar-refractivity contribution in [3.05, 3.63) is 17.2 Å². The lowest BCUT2D eigenvalue weighted by Gasteiger charge is -2.21. The zero-order chi connectivity index (χ0) is 11.7. The van der Waals surface area contributed by atoms with E-state index in [1.807, 2.05) is 20.8 Å². The number of hydrogen-bond acceptors (Lipinski definition) is 2. The van der Waals surface area contributed by atoms with Crippen LogP contribution in [0.1, 0.15) is 37.5 Å². The number of H-pyrrole nitrogens is 1. The Labute approximate surface area is 95.9 Å². The average molecular weight is 221 g/mol. The van der Waals surface area contributed by atoms with Crippen molar-refractivity contribution in [1.82, 2.24) is 15.3 Å². The minimum absolute atomic E-state index is 0.106. The maximum absolute atomic E-state index is 11.9. The Kier molecular flexibility index (Phi) is 2.99. The lowest BCUT2D eigenvalue weighted by molar-refractivity contribution is -0.125. The second-order valence-corrected chi connectivity index (χ2v) is 4.85. The van der Waals surface area contributed by atoms with E-state index in [2.05, 4.69) is 15.3 Å². The van der Waals surface area contributed by atoms with Crippen LogP contribution in [-0.2, 0) is 17.6 Å². The number of aryl methyl sites for hydroxylation is 2. The first-order chi connectivity index (χ1) is 7.56. The smallest absolute Gasteiger partial charge is 0.223 e. The number of rotatable bonds is 2. The van der Waals surface area contributed by atoms with E-state index >= 15 is 0 Å². The summed E-state index contributed by atoms with van der Waals surface area (Å²) in [7, 11) is 0. The maximum atomic E-state index is 11.9. The van der Waals surface area contributed by atoms with Gasteiger partial charge in [-0.1, -0.05) is 0 Å². The summed E-state index contributed by atoms with van der Waals surface area (Å²) in [6, 6.07) is 0.220. The lowest BCUT2D eigenvalue weighted by Crippen LogP contribution is -2.38. The van der Waals surface area contributed by atoms with E-state index in [1.165, 1.54) is 0 Å². The van der Waals surface area contributed by atoms with Gasteiger partial charge in [0.25, 0.3) is 0 Å². The third kappa shape index (κ3) is 2.26. The Hall–Kier alpha value is -1.32. The fourth-order valence-corrected chi connectivity index (χ4v) is 2.25. The minimum Gasteiger partial charge on any atom is -0.354 e. The molecule has 0 spiro atoms. The third-order valence-electron chi connectivity index (χ3n) is 2.96. The molecule has 0 saturated heterocycles. The normalized spacial score (nSPS) is 19.6. The Balaban J connectivity index is 2.04. The molecule has 0 aromatic carbocycles. The van der Waals surface area contributed by atoms with Gasteiger partial charge in [0.05, 0.1) is 5.69 Å². The van der Waals surface area contributed by atoms with Gasteiger partial charge < -0.3 is 10.3 Å². The van der Waals surface area contributed by atoms with Gasteiger partial charge in [-0.05, 0) is 33.6 Å². The predicted octanol–water partition coefficient (Wildman–Crippen LogP) is 1.35. The van der Waals surface area contributed by atoms with Crippen LogP contribution in [-0.4, -0.2) is 21.9 Å². The van der Waals surface area contributed by atoms with Crippen molar-refractivity contribution < 1.29 is 4.79 Å². The molecule has 1 aliphatic rings. The molecular weight excluding hydrogens is 202 g/mol. The molecule has 0 aliphatic heterocycles. The molecule has 1 amide bonds. The van der Waals surface area contributed by atoms with E-state index in [-0.39, 0.29) is 17.9 Å². The molecule has 0 bridgehead atoms. The zero-order valence-corrected chi connectivity index (χ0v) is 10.1. The van der Waals surface area contributed by atoms with Crippen molar-refractivity contribution in [1.29, 1.82) is 0 Å². The summed E-state index contributed by atoms with van der Waals surface area (Å²) in [5.74, 6) is 1.23. The fraction of sp³-hybridized carbons (Fsp3) is 0.667. The number of hydrogen-bond donors (Lipinski definition) is 2. The monoisotopic (exact) mass is 221 g/mol. The molecule has 1 heterocycles. The van der Waals surface area contributed by atoms with Crippen LogP contribution >= 0.6 is 0 Å². The molecule has 0 fully saturated rings. The summed E-state index contributed by atoms with van der Waals surface area (Å²) in [4.78, 5) is 19.5. The molecule has 88 valence electrons. The molecule has 4 nitrogen and oxygen atoms in total. The van der Waals surface area contributed by atoms with Gasteiger partial charge in [-0.3, -0.25) is 4.79 Å². The van der Waals surface area contributed by atoms with E-state index in [1.54, 1.807) is 0 Å². The van der Waals surface area contributed by atoms with Crippen LogP contribution in [0.5, 0.6) is 0 Å². The predicted molar refractivity (Wildman–Crippen MR) is 62.1 cm³/mol. The van der Waals surface area contributed by atoms with Crippen LogP contribution in [0.2, 0.25) is 0 Å². The maximum Gasteiger partial charge on any atom is 0.223 e. The highest BCUT2D eigenvalue weighted by atomic mass is 16.1. The molecule has 0 radical (unpaired) electrons. The molecule has 1 aliphatic carbocycles. The number of nitrogens with zero attached hydrogens (tertiary/aromatic N) is 1. The van der Waals surface area contributed by atoms with E-state index in [0.717, 1.165) is 36.5 Å². The highest BCUT2D eigenvalue weighted by Gasteiger charge is 2.26. The molecule has 2 N–H and O–H groups in total. The van der Waals surface area contributed by atoms with Gasteiger partial charge in [-0.15, -0.1) is 0 Å². The van der Waals surface area contributed by atoms with Crippen molar-refractivity contribution in [2.45, 2.75) is 46.1 Å². The summed E-state index contributed by atoms with van der Waals surface area (Å²) in [6.07, 6.45) is 2.63. The van der Waals surface area contributed by atoms with E-state index in [0.29, 0.717) is 0 Å². The number of carbonyl (C=O) groups is 1. The van der Waals surface area contributed by atoms with Gasteiger partial charge in [-0.2, -0.15) is 0 Å². The van der Waals surface area contributed by atoms with Gasteiger partial charge >= 0.3 is 0 Å². The van der Waals surface area contributed by atoms with E-state index in [9.17, 15) is 4.79 Å². The van der Waals surface area contributed by atoms with Crippen LogP contribution < -0.4 is 5.32 Å². The Morgan fingerprint density at radius 3 is 3.00 bits per heavy atom. The van der Waals surface area contributed by atoms with Crippen LogP contribution in [0.3, 0.4) is 0 Å². The summed E-state index contributed by atoms with van der Waals surface area (Å²) in [5.41, 5.74) is 2.29. The van der Waals surface area contributed by atoms with Crippen molar-refractivity contribution >= 4 is 5.91 Å². The Morgan fingerprint density at radius 2 is 2.31 bits per heavy atom. The number of imidazole rings is 1. The summed E-state index contributed by atoms with van der Waals surface area (Å²) in [5, 5.41) is 2.98. The van der Waals surface area contributed by atoms with Gasteiger partial charge in [-0.25, -0.2) is 4.98 Å². The minimum atomic E-state index is 0.106. The first-order valence-corrected chi connectivity index (χ1v) is 5.91. The number of aromatic nitrogens is 2. The highest BCUT2D eigenvalue weighted by molar-refractivity contribution is 5.79. The van der Waals surface area contributed by atoms with Crippen molar-refractivity contribution in [2.75, 3.05) is 0 Å². The van der Waals surface area contributed by atoms with Crippen molar-refractivity contribution in [2.24, 2.45) is 5.92 Å². The number of carbonyl (C=O) groups excluding carboxylic acids is 1. The summed E-state index contributed by atoms with van der Waals surface area (Å²) in [6.45, 7) is 5.94.